The van der Waals surface area contributed by atoms with Crippen LogP contribution in [0.1, 0.15) is 18.9 Å². The third-order valence-corrected chi connectivity index (χ3v) is 3.88. The van der Waals surface area contributed by atoms with Crippen LogP contribution < -0.4 is 10.0 Å². The molecule has 0 radical (unpaired) electrons. The van der Waals surface area contributed by atoms with E-state index in [4.69, 9.17) is 0 Å². The number of rotatable bonds is 5. The molecule has 0 aliphatic heterocycles. The van der Waals surface area contributed by atoms with Gasteiger partial charge in [-0.2, -0.15) is 0 Å². The topological polar surface area (TPSA) is 58.2 Å². The lowest BCUT2D eigenvalue weighted by atomic mass is 10.2. The molecule has 0 saturated carbocycles. The number of aryl methyl sites for hydroxylation is 1. The molecule has 0 amide bonds. The van der Waals surface area contributed by atoms with Crippen molar-refractivity contribution in [1.29, 1.82) is 0 Å². The van der Waals surface area contributed by atoms with Crippen molar-refractivity contribution in [3.63, 3.8) is 0 Å². The van der Waals surface area contributed by atoms with Gasteiger partial charge in [0.05, 0.1) is 4.90 Å². The maximum absolute atomic E-state index is 11.7. The maximum Gasteiger partial charge on any atom is 0.240 e. The molecule has 0 heterocycles. The first-order chi connectivity index (χ1) is 7.51. The van der Waals surface area contributed by atoms with E-state index < -0.39 is 10.0 Å². The van der Waals surface area contributed by atoms with E-state index >= 15 is 0 Å². The Morgan fingerprint density at radius 2 is 2.00 bits per heavy atom. The number of nitrogens with one attached hydrogen (secondary N) is 2. The Balaban J connectivity index is 3.09. The molecule has 2 N–H and O–H groups in total. The van der Waals surface area contributed by atoms with Crippen molar-refractivity contribution in [2.24, 2.45) is 0 Å². The summed E-state index contributed by atoms with van der Waals surface area (Å²) in [5, 5.41) is 3.17. The van der Waals surface area contributed by atoms with Crippen molar-refractivity contribution in [3.05, 3.63) is 23.8 Å². The fourth-order valence-corrected chi connectivity index (χ4v) is 2.37. The zero-order valence-corrected chi connectivity index (χ0v) is 10.7. The maximum atomic E-state index is 11.7. The highest BCUT2D eigenvalue weighted by Crippen LogP contribution is 2.19. The normalized spacial score (nSPS) is 11.4. The Morgan fingerprint density at radius 3 is 2.56 bits per heavy atom. The minimum absolute atomic E-state index is 0.330. The number of benzene rings is 1. The van der Waals surface area contributed by atoms with Crippen LogP contribution in [0.5, 0.6) is 0 Å². The summed E-state index contributed by atoms with van der Waals surface area (Å²) in [4.78, 5) is 0.330. The molecule has 16 heavy (non-hydrogen) atoms. The van der Waals surface area contributed by atoms with Crippen molar-refractivity contribution in [2.45, 2.75) is 25.2 Å². The molecule has 0 aromatic heterocycles. The second-order valence-electron chi connectivity index (χ2n) is 3.61. The molecule has 1 aromatic carbocycles. The molecule has 5 heteroatoms. The number of anilines is 1. The number of hydrogen-bond acceptors (Lipinski definition) is 3. The summed E-state index contributed by atoms with van der Waals surface area (Å²) < 4.78 is 25.7. The van der Waals surface area contributed by atoms with Crippen LogP contribution in [0, 0.1) is 6.92 Å². The van der Waals surface area contributed by atoms with Crippen molar-refractivity contribution >= 4 is 15.7 Å². The van der Waals surface area contributed by atoms with Crippen LogP contribution in [0.15, 0.2) is 23.1 Å². The van der Waals surface area contributed by atoms with E-state index in [1.807, 2.05) is 12.1 Å². The summed E-state index contributed by atoms with van der Waals surface area (Å²) in [7, 11) is -1.95. The predicted molar refractivity (Wildman–Crippen MR) is 66.2 cm³/mol. The standard InChI is InChI=1S/C11H18N2O2S/c1-4-7-13-10-6-5-9(2)11(8-10)16(14,15)12-3/h5-6,8,12-13H,4,7H2,1-3H3. The van der Waals surface area contributed by atoms with Crippen LogP contribution in [0.25, 0.3) is 0 Å². The summed E-state index contributed by atoms with van der Waals surface area (Å²) in [5.74, 6) is 0. The molecule has 1 aromatic rings. The Morgan fingerprint density at radius 1 is 1.31 bits per heavy atom. The SMILES string of the molecule is CCCNc1ccc(C)c(S(=O)(=O)NC)c1. The Hall–Kier alpha value is -1.07. The minimum Gasteiger partial charge on any atom is -0.385 e. The van der Waals surface area contributed by atoms with E-state index in [2.05, 4.69) is 17.0 Å². The van der Waals surface area contributed by atoms with E-state index in [0.717, 1.165) is 24.2 Å². The van der Waals surface area contributed by atoms with Gasteiger partial charge in [0.1, 0.15) is 0 Å². The average molecular weight is 242 g/mol. The molecule has 0 aliphatic carbocycles. The molecule has 0 fully saturated rings. The number of sulfonamides is 1. The Kier molecular flexibility index (Phi) is 4.32. The van der Waals surface area contributed by atoms with Gasteiger partial charge in [-0.15, -0.1) is 0 Å². The lowest BCUT2D eigenvalue weighted by Crippen LogP contribution is -2.19. The van der Waals surface area contributed by atoms with Crippen molar-refractivity contribution in [2.75, 3.05) is 18.9 Å². The first kappa shape index (κ1) is 13.0. The van der Waals surface area contributed by atoms with Gasteiger partial charge in [0.2, 0.25) is 10.0 Å². The van der Waals surface area contributed by atoms with Crippen LogP contribution >= 0.6 is 0 Å². The quantitative estimate of drug-likeness (QED) is 0.826. The van der Waals surface area contributed by atoms with E-state index in [0.29, 0.717) is 4.90 Å². The highest BCUT2D eigenvalue weighted by Gasteiger charge is 2.14. The summed E-state index contributed by atoms with van der Waals surface area (Å²) >= 11 is 0. The van der Waals surface area contributed by atoms with Gasteiger partial charge in [-0.25, -0.2) is 13.1 Å². The molecule has 0 saturated heterocycles. The van der Waals surface area contributed by atoms with Gasteiger partial charge in [0.25, 0.3) is 0 Å². The molecular formula is C11H18N2O2S. The van der Waals surface area contributed by atoms with Gasteiger partial charge >= 0.3 is 0 Å². The van der Waals surface area contributed by atoms with Crippen molar-refractivity contribution in [1.82, 2.24) is 4.72 Å². The minimum atomic E-state index is -3.37. The van der Waals surface area contributed by atoms with Crippen LogP contribution in [-0.4, -0.2) is 22.0 Å². The third-order valence-electron chi connectivity index (χ3n) is 2.33. The molecule has 0 atom stereocenters. The summed E-state index contributed by atoms with van der Waals surface area (Å²) in [6.45, 7) is 4.68. The van der Waals surface area contributed by atoms with Gasteiger partial charge in [-0.05, 0) is 38.1 Å². The largest absolute Gasteiger partial charge is 0.385 e. The zero-order valence-electron chi connectivity index (χ0n) is 9.87. The van der Waals surface area contributed by atoms with E-state index in [1.165, 1.54) is 7.05 Å². The molecule has 4 nitrogen and oxygen atoms in total. The van der Waals surface area contributed by atoms with Crippen molar-refractivity contribution < 1.29 is 8.42 Å². The fraction of sp³-hybridized carbons (Fsp3) is 0.455. The second kappa shape index (κ2) is 5.32. The smallest absolute Gasteiger partial charge is 0.240 e. The first-order valence-corrected chi connectivity index (χ1v) is 6.77. The van der Waals surface area contributed by atoms with Gasteiger partial charge in [0.15, 0.2) is 0 Å². The summed E-state index contributed by atoms with van der Waals surface area (Å²) in [6.07, 6.45) is 1.00. The molecule has 90 valence electrons. The lowest BCUT2D eigenvalue weighted by Gasteiger charge is -2.10. The van der Waals surface area contributed by atoms with Gasteiger partial charge in [0, 0.05) is 12.2 Å². The molecule has 1 rings (SSSR count). The van der Waals surface area contributed by atoms with Gasteiger partial charge < -0.3 is 5.32 Å². The predicted octanol–water partition coefficient (Wildman–Crippen LogP) is 1.73. The highest BCUT2D eigenvalue weighted by molar-refractivity contribution is 7.89. The lowest BCUT2D eigenvalue weighted by molar-refractivity contribution is 0.587. The van der Waals surface area contributed by atoms with Crippen LogP contribution in [-0.2, 0) is 10.0 Å². The fourth-order valence-electron chi connectivity index (χ4n) is 1.38. The van der Waals surface area contributed by atoms with Gasteiger partial charge in [-0.1, -0.05) is 13.0 Å². The average Bonchev–Trinajstić information content (AvgIpc) is 2.27. The van der Waals surface area contributed by atoms with Crippen molar-refractivity contribution in [3.8, 4) is 0 Å². The van der Waals surface area contributed by atoms with Gasteiger partial charge in [-0.3, -0.25) is 0 Å². The molecule has 0 aliphatic rings. The second-order valence-corrected chi connectivity index (χ2v) is 5.47. The first-order valence-electron chi connectivity index (χ1n) is 5.29. The zero-order chi connectivity index (χ0) is 12.2. The monoisotopic (exact) mass is 242 g/mol. The Bertz CT molecular complexity index is 455. The molecular weight excluding hydrogens is 224 g/mol. The molecule has 0 bridgehead atoms. The highest BCUT2D eigenvalue weighted by atomic mass is 32.2. The summed E-state index contributed by atoms with van der Waals surface area (Å²) in [6, 6.07) is 5.36. The Labute approximate surface area is 97.1 Å². The molecule has 0 spiro atoms. The van der Waals surface area contributed by atoms with Crippen LogP contribution in [0.2, 0.25) is 0 Å². The van der Waals surface area contributed by atoms with E-state index in [1.54, 1.807) is 13.0 Å². The number of hydrogen-bond donors (Lipinski definition) is 2. The van der Waals surface area contributed by atoms with E-state index in [-0.39, 0.29) is 0 Å². The molecule has 0 unspecified atom stereocenters. The van der Waals surface area contributed by atoms with E-state index in [9.17, 15) is 8.42 Å². The third kappa shape index (κ3) is 2.96. The van der Waals surface area contributed by atoms with Crippen LogP contribution in [0.4, 0.5) is 5.69 Å². The van der Waals surface area contributed by atoms with Crippen LogP contribution in [0.3, 0.4) is 0 Å². The summed E-state index contributed by atoms with van der Waals surface area (Å²) in [5.41, 5.74) is 1.58.